The summed E-state index contributed by atoms with van der Waals surface area (Å²) in [5.74, 6) is 0.732. The predicted molar refractivity (Wildman–Crippen MR) is 73.7 cm³/mol. The Kier molecular flexibility index (Phi) is 3.60. The number of benzene rings is 1. The van der Waals surface area contributed by atoms with Crippen LogP contribution in [0.15, 0.2) is 18.2 Å². The van der Waals surface area contributed by atoms with Gasteiger partial charge in [0.2, 0.25) is 0 Å². The largest absolute Gasteiger partial charge is 0.478 e. The van der Waals surface area contributed by atoms with Gasteiger partial charge in [0, 0.05) is 12.1 Å². The SMILES string of the molecule is CCN1C(=O)C(C(C)C)Oc2ccc(C(C)=O)cc21. The Morgan fingerprint density at radius 3 is 2.63 bits per heavy atom. The maximum absolute atomic E-state index is 12.4. The van der Waals surface area contributed by atoms with E-state index < -0.39 is 6.10 Å². The fourth-order valence-electron chi connectivity index (χ4n) is 2.25. The monoisotopic (exact) mass is 261 g/mol. The summed E-state index contributed by atoms with van der Waals surface area (Å²) in [4.78, 5) is 25.5. The molecule has 2 rings (SSSR count). The second kappa shape index (κ2) is 5.03. The first-order valence-corrected chi connectivity index (χ1v) is 6.58. The van der Waals surface area contributed by atoms with Gasteiger partial charge in [-0.25, -0.2) is 0 Å². The maximum atomic E-state index is 12.4. The van der Waals surface area contributed by atoms with E-state index in [9.17, 15) is 9.59 Å². The summed E-state index contributed by atoms with van der Waals surface area (Å²) >= 11 is 0. The highest BCUT2D eigenvalue weighted by molar-refractivity contribution is 6.02. The van der Waals surface area contributed by atoms with Gasteiger partial charge in [0.1, 0.15) is 5.75 Å². The summed E-state index contributed by atoms with van der Waals surface area (Å²) in [6.07, 6.45) is -0.448. The topological polar surface area (TPSA) is 46.6 Å². The summed E-state index contributed by atoms with van der Waals surface area (Å²) in [5.41, 5.74) is 1.29. The number of rotatable bonds is 3. The third kappa shape index (κ3) is 2.35. The smallest absolute Gasteiger partial charge is 0.268 e. The van der Waals surface area contributed by atoms with Crippen LogP contribution in [0, 0.1) is 5.92 Å². The van der Waals surface area contributed by atoms with Gasteiger partial charge in [0.05, 0.1) is 5.69 Å². The molecule has 0 aromatic heterocycles. The average Bonchev–Trinajstić information content (AvgIpc) is 2.37. The number of Topliss-reactive ketones (excluding diaryl/α,β-unsaturated/α-hetero) is 1. The molecule has 1 heterocycles. The highest BCUT2D eigenvalue weighted by Gasteiger charge is 2.35. The number of ether oxygens (including phenoxy) is 1. The fourth-order valence-corrected chi connectivity index (χ4v) is 2.25. The Labute approximate surface area is 113 Å². The molecule has 0 N–H and O–H groups in total. The summed E-state index contributed by atoms with van der Waals surface area (Å²) < 4.78 is 5.77. The molecule has 1 atom stereocenters. The molecule has 102 valence electrons. The number of hydrogen-bond donors (Lipinski definition) is 0. The third-order valence-electron chi connectivity index (χ3n) is 3.34. The number of carbonyl (C=O) groups excluding carboxylic acids is 2. The first-order chi connectivity index (χ1) is 8.95. The quantitative estimate of drug-likeness (QED) is 0.786. The molecule has 0 saturated carbocycles. The molecule has 19 heavy (non-hydrogen) atoms. The molecule has 1 aliphatic rings. The molecule has 0 bridgehead atoms. The van der Waals surface area contributed by atoms with Gasteiger partial charge in [-0.15, -0.1) is 0 Å². The van der Waals surface area contributed by atoms with Crippen LogP contribution in [0.25, 0.3) is 0 Å². The zero-order chi connectivity index (χ0) is 14.2. The second-order valence-electron chi connectivity index (χ2n) is 5.10. The van der Waals surface area contributed by atoms with E-state index in [0.29, 0.717) is 23.5 Å². The van der Waals surface area contributed by atoms with Crippen molar-refractivity contribution < 1.29 is 14.3 Å². The number of anilines is 1. The summed E-state index contributed by atoms with van der Waals surface area (Å²) in [7, 11) is 0. The van der Waals surface area contributed by atoms with Gasteiger partial charge in [-0.3, -0.25) is 9.59 Å². The van der Waals surface area contributed by atoms with Crippen molar-refractivity contribution in [2.24, 2.45) is 5.92 Å². The Balaban J connectivity index is 2.49. The van der Waals surface area contributed by atoms with Crippen molar-refractivity contribution in [1.29, 1.82) is 0 Å². The van der Waals surface area contributed by atoms with Crippen LogP contribution in [-0.2, 0) is 4.79 Å². The fraction of sp³-hybridized carbons (Fsp3) is 0.467. The van der Waals surface area contributed by atoms with Crippen molar-refractivity contribution in [3.05, 3.63) is 23.8 Å². The maximum Gasteiger partial charge on any atom is 0.268 e. The Bertz CT molecular complexity index is 522. The average molecular weight is 261 g/mol. The van der Waals surface area contributed by atoms with Crippen molar-refractivity contribution in [2.75, 3.05) is 11.4 Å². The molecular formula is C15H19NO3. The van der Waals surface area contributed by atoms with Gasteiger partial charge >= 0.3 is 0 Å². The van der Waals surface area contributed by atoms with E-state index in [1.807, 2.05) is 20.8 Å². The normalized spacial score (nSPS) is 18.3. The van der Waals surface area contributed by atoms with Gasteiger partial charge < -0.3 is 9.64 Å². The number of fused-ring (bicyclic) bond motifs is 1. The van der Waals surface area contributed by atoms with Crippen molar-refractivity contribution in [1.82, 2.24) is 0 Å². The van der Waals surface area contributed by atoms with Gasteiger partial charge in [-0.2, -0.15) is 0 Å². The van der Waals surface area contributed by atoms with Crippen LogP contribution >= 0.6 is 0 Å². The Morgan fingerprint density at radius 1 is 1.42 bits per heavy atom. The molecule has 0 saturated heterocycles. The molecule has 0 aliphatic carbocycles. The van der Waals surface area contributed by atoms with Crippen molar-refractivity contribution in [2.45, 2.75) is 33.8 Å². The molecule has 1 aromatic rings. The van der Waals surface area contributed by atoms with Crippen LogP contribution in [0.4, 0.5) is 5.69 Å². The number of carbonyl (C=O) groups is 2. The van der Waals surface area contributed by atoms with Gasteiger partial charge in [-0.1, -0.05) is 13.8 Å². The minimum atomic E-state index is -0.448. The van der Waals surface area contributed by atoms with Gasteiger partial charge in [0.25, 0.3) is 5.91 Å². The lowest BCUT2D eigenvalue weighted by Gasteiger charge is -2.35. The zero-order valence-electron chi connectivity index (χ0n) is 11.8. The van der Waals surface area contributed by atoms with Crippen LogP contribution in [0.2, 0.25) is 0 Å². The summed E-state index contributed by atoms with van der Waals surface area (Å²) in [6, 6.07) is 5.24. The second-order valence-corrected chi connectivity index (χ2v) is 5.10. The molecular weight excluding hydrogens is 242 g/mol. The first kappa shape index (κ1) is 13.6. The lowest BCUT2D eigenvalue weighted by Crippen LogP contribution is -2.48. The van der Waals surface area contributed by atoms with Crippen LogP contribution < -0.4 is 9.64 Å². The lowest BCUT2D eigenvalue weighted by molar-refractivity contribution is -0.128. The van der Waals surface area contributed by atoms with Crippen LogP contribution in [-0.4, -0.2) is 24.3 Å². The highest BCUT2D eigenvalue weighted by Crippen LogP contribution is 2.36. The Morgan fingerprint density at radius 2 is 2.11 bits per heavy atom. The molecule has 0 spiro atoms. The van der Waals surface area contributed by atoms with E-state index in [1.54, 1.807) is 23.1 Å². The molecule has 0 fully saturated rings. The molecule has 0 radical (unpaired) electrons. The Hall–Kier alpha value is -1.84. The first-order valence-electron chi connectivity index (χ1n) is 6.58. The van der Waals surface area contributed by atoms with E-state index >= 15 is 0 Å². The van der Waals surface area contributed by atoms with Crippen molar-refractivity contribution in [3.8, 4) is 5.75 Å². The van der Waals surface area contributed by atoms with E-state index in [4.69, 9.17) is 4.74 Å². The third-order valence-corrected chi connectivity index (χ3v) is 3.34. The van der Waals surface area contributed by atoms with Gasteiger partial charge in [0.15, 0.2) is 11.9 Å². The van der Waals surface area contributed by atoms with E-state index in [1.165, 1.54) is 6.92 Å². The van der Waals surface area contributed by atoms with Crippen molar-refractivity contribution >= 4 is 17.4 Å². The molecule has 4 nitrogen and oxygen atoms in total. The van der Waals surface area contributed by atoms with E-state index in [0.717, 1.165) is 0 Å². The van der Waals surface area contributed by atoms with E-state index in [2.05, 4.69) is 0 Å². The summed E-state index contributed by atoms with van der Waals surface area (Å²) in [6.45, 7) is 7.93. The predicted octanol–water partition coefficient (Wildman–Crippen LogP) is 2.66. The minimum absolute atomic E-state index is 0.0164. The number of amides is 1. The molecule has 1 amide bonds. The van der Waals surface area contributed by atoms with Crippen LogP contribution in [0.1, 0.15) is 38.1 Å². The molecule has 1 aromatic carbocycles. The zero-order valence-corrected chi connectivity index (χ0v) is 11.8. The lowest BCUT2D eigenvalue weighted by atomic mass is 10.0. The van der Waals surface area contributed by atoms with E-state index in [-0.39, 0.29) is 17.6 Å². The molecule has 1 unspecified atom stereocenters. The number of ketones is 1. The number of hydrogen-bond acceptors (Lipinski definition) is 3. The van der Waals surface area contributed by atoms with Gasteiger partial charge in [-0.05, 0) is 38.0 Å². The number of nitrogens with zero attached hydrogens (tertiary/aromatic N) is 1. The minimum Gasteiger partial charge on any atom is -0.478 e. The summed E-state index contributed by atoms with van der Waals surface area (Å²) in [5, 5.41) is 0. The van der Waals surface area contributed by atoms with Crippen LogP contribution in [0.3, 0.4) is 0 Å². The molecule has 4 heteroatoms. The molecule has 1 aliphatic heterocycles. The van der Waals surface area contributed by atoms with Crippen molar-refractivity contribution in [3.63, 3.8) is 0 Å². The standard InChI is InChI=1S/C15H19NO3/c1-5-16-12-8-11(10(4)17)6-7-13(12)19-14(9(2)3)15(16)18/h6-9,14H,5H2,1-4H3. The van der Waals surface area contributed by atoms with Crippen LogP contribution in [0.5, 0.6) is 5.75 Å². The number of likely N-dealkylation sites (N-methyl/N-ethyl adjacent to an activating group) is 1. The highest BCUT2D eigenvalue weighted by atomic mass is 16.5.